The lowest BCUT2D eigenvalue weighted by molar-refractivity contribution is -0.135. The van der Waals surface area contributed by atoms with Crippen molar-refractivity contribution >= 4 is 17.4 Å². The molecular weight excluding hydrogens is 282 g/mol. The van der Waals surface area contributed by atoms with Crippen LogP contribution in [-0.4, -0.2) is 23.4 Å². The van der Waals surface area contributed by atoms with Crippen molar-refractivity contribution in [3.8, 4) is 0 Å². The maximum Gasteiger partial charge on any atom is 0.324 e. The second kappa shape index (κ2) is 7.12. The van der Waals surface area contributed by atoms with Gasteiger partial charge in [0.15, 0.2) is 5.78 Å². The molecule has 112 valence electrons. The van der Waals surface area contributed by atoms with E-state index in [2.05, 4.69) is 15.8 Å². The second-order valence-electron chi connectivity index (χ2n) is 4.64. The average molecular weight is 297 g/mol. The first-order valence-corrected chi connectivity index (χ1v) is 6.63. The summed E-state index contributed by atoms with van der Waals surface area (Å²) >= 11 is 0. The lowest BCUT2D eigenvalue weighted by Crippen LogP contribution is -2.16. The topological polar surface area (TPSA) is 91.1 Å². The van der Waals surface area contributed by atoms with Gasteiger partial charge >= 0.3 is 5.97 Å². The second-order valence-corrected chi connectivity index (χ2v) is 4.64. The van der Waals surface area contributed by atoms with Gasteiger partial charge in [-0.15, -0.1) is 5.11 Å². The first-order valence-electron chi connectivity index (χ1n) is 6.63. The van der Waals surface area contributed by atoms with E-state index < -0.39 is 5.97 Å². The molecular formula is C16H15N3O3. The van der Waals surface area contributed by atoms with Gasteiger partial charge in [-0.3, -0.25) is 15.0 Å². The Kier molecular flexibility index (Phi) is 4.98. The molecule has 0 heterocycles. The van der Waals surface area contributed by atoms with E-state index >= 15 is 0 Å². The van der Waals surface area contributed by atoms with Crippen LogP contribution in [0.3, 0.4) is 0 Å². The van der Waals surface area contributed by atoms with E-state index in [9.17, 15) is 9.59 Å². The Bertz CT molecular complexity index is 712. The van der Waals surface area contributed by atoms with Crippen LogP contribution in [0, 0.1) is 6.92 Å². The molecule has 6 nitrogen and oxygen atoms in total. The van der Waals surface area contributed by atoms with E-state index in [0.717, 1.165) is 5.56 Å². The molecule has 0 saturated heterocycles. The van der Waals surface area contributed by atoms with E-state index in [1.807, 2.05) is 19.1 Å². The number of nitrogens with zero attached hydrogens (tertiary/aromatic N) is 2. The van der Waals surface area contributed by atoms with E-state index in [0.29, 0.717) is 16.8 Å². The number of rotatable bonds is 6. The molecule has 0 saturated carbocycles. The fourth-order valence-electron chi connectivity index (χ4n) is 1.86. The number of nitrogens with one attached hydrogen (secondary N) is 1. The Morgan fingerprint density at radius 2 is 1.86 bits per heavy atom. The van der Waals surface area contributed by atoms with E-state index in [1.54, 1.807) is 36.4 Å². The summed E-state index contributed by atoms with van der Waals surface area (Å²) in [7, 11) is 0. The lowest BCUT2D eigenvalue weighted by atomic mass is 10.00. The molecule has 2 rings (SSSR count). The number of hydrogen-bond donors (Lipinski definition) is 2. The highest BCUT2D eigenvalue weighted by Gasteiger charge is 2.13. The van der Waals surface area contributed by atoms with Crippen molar-refractivity contribution in [3.05, 3.63) is 65.2 Å². The molecule has 22 heavy (non-hydrogen) atoms. The maximum absolute atomic E-state index is 12.5. The van der Waals surface area contributed by atoms with Gasteiger partial charge in [0.1, 0.15) is 6.54 Å². The highest BCUT2D eigenvalue weighted by Crippen LogP contribution is 2.23. The van der Waals surface area contributed by atoms with Crippen molar-refractivity contribution in [1.29, 1.82) is 0 Å². The number of carbonyl (C=O) groups is 2. The van der Waals surface area contributed by atoms with Crippen LogP contribution in [0.25, 0.3) is 0 Å². The summed E-state index contributed by atoms with van der Waals surface area (Å²) in [6.07, 6.45) is 0. The molecule has 2 aromatic rings. The molecule has 2 N–H and O–H groups in total. The molecule has 0 bridgehead atoms. The molecule has 0 fully saturated rings. The summed E-state index contributed by atoms with van der Waals surface area (Å²) in [6.45, 7) is 1.54. The summed E-state index contributed by atoms with van der Waals surface area (Å²) in [6, 6.07) is 14.1. The van der Waals surface area contributed by atoms with Crippen LogP contribution < -0.4 is 5.43 Å². The standard InChI is InChI=1S/C16H15N3O3/c1-11-7-8-14(18-19-17-10-15(20)21)13(9-11)16(22)12-5-3-2-4-6-12/h2-9H,10H2,1H3,(H,17,18)(H,20,21). The minimum Gasteiger partial charge on any atom is -0.480 e. The fraction of sp³-hybridized carbons (Fsp3) is 0.125. The number of carboxylic acids is 1. The zero-order valence-corrected chi connectivity index (χ0v) is 12.0. The van der Waals surface area contributed by atoms with Crippen molar-refractivity contribution in [1.82, 2.24) is 5.43 Å². The average Bonchev–Trinajstić information content (AvgIpc) is 2.52. The summed E-state index contributed by atoms with van der Waals surface area (Å²) in [4.78, 5) is 22.9. The van der Waals surface area contributed by atoms with E-state index in [1.165, 1.54) is 0 Å². The molecule has 0 aliphatic rings. The van der Waals surface area contributed by atoms with Crippen molar-refractivity contribution in [2.75, 3.05) is 6.54 Å². The number of carbonyl (C=O) groups excluding carboxylic acids is 1. The third-order valence-corrected chi connectivity index (χ3v) is 2.89. The summed E-state index contributed by atoms with van der Waals surface area (Å²) in [5, 5.41) is 16.0. The van der Waals surface area contributed by atoms with Crippen LogP contribution in [0.2, 0.25) is 0 Å². The number of aryl methyl sites for hydroxylation is 1. The number of benzene rings is 2. The summed E-state index contributed by atoms with van der Waals surface area (Å²) in [5.74, 6) is -1.19. The van der Waals surface area contributed by atoms with Gasteiger partial charge in [-0.25, -0.2) is 0 Å². The van der Waals surface area contributed by atoms with Crippen LogP contribution in [-0.2, 0) is 4.79 Å². The largest absolute Gasteiger partial charge is 0.480 e. The van der Waals surface area contributed by atoms with Gasteiger partial charge in [-0.2, -0.15) is 0 Å². The van der Waals surface area contributed by atoms with Gasteiger partial charge < -0.3 is 5.11 Å². The van der Waals surface area contributed by atoms with Gasteiger partial charge in [-0.1, -0.05) is 47.2 Å². The number of aliphatic carboxylic acids is 1. The predicted molar refractivity (Wildman–Crippen MR) is 81.2 cm³/mol. The summed E-state index contributed by atoms with van der Waals surface area (Å²) in [5.41, 5.74) is 4.60. The Morgan fingerprint density at radius 3 is 2.55 bits per heavy atom. The SMILES string of the molecule is Cc1ccc(N=NNCC(=O)O)c(C(=O)c2ccccc2)c1. The van der Waals surface area contributed by atoms with Crippen molar-refractivity contribution in [2.24, 2.45) is 10.3 Å². The van der Waals surface area contributed by atoms with Gasteiger partial charge in [0.25, 0.3) is 0 Å². The molecule has 0 aliphatic heterocycles. The molecule has 0 atom stereocenters. The van der Waals surface area contributed by atoms with Crippen LogP contribution in [0.15, 0.2) is 58.9 Å². The molecule has 0 aromatic heterocycles. The number of ketones is 1. The Morgan fingerprint density at radius 1 is 1.14 bits per heavy atom. The van der Waals surface area contributed by atoms with Crippen molar-refractivity contribution in [3.63, 3.8) is 0 Å². The normalized spacial score (nSPS) is 10.6. The molecule has 0 amide bonds. The van der Waals surface area contributed by atoms with Crippen molar-refractivity contribution < 1.29 is 14.7 Å². The minimum absolute atomic E-state index is 0.156. The monoisotopic (exact) mass is 297 g/mol. The minimum atomic E-state index is -1.04. The Hall–Kier alpha value is -3.02. The quantitative estimate of drug-likeness (QED) is 0.487. The molecule has 0 unspecified atom stereocenters. The van der Waals surface area contributed by atoms with Gasteiger partial charge in [0.2, 0.25) is 0 Å². The fourth-order valence-corrected chi connectivity index (χ4v) is 1.86. The first kappa shape index (κ1) is 15.4. The highest BCUT2D eigenvalue weighted by molar-refractivity contribution is 6.12. The van der Waals surface area contributed by atoms with Gasteiger partial charge in [0.05, 0.1) is 11.3 Å². The zero-order valence-electron chi connectivity index (χ0n) is 12.0. The summed E-state index contributed by atoms with van der Waals surface area (Å²) < 4.78 is 0. The third-order valence-electron chi connectivity index (χ3n) is 2.89. The number of carboxylic acid groups (broad SMARTS) is 1. The highest BCUT2D eigenvalue weighted by atomic mass is 16.4. The molecule has 2 aromatic carbocycles. The molecule has 0 spiro atoms. The molecule has 0 radical (unpaired) electrons. The Labute approximate surface area is 127 Å². The van der Waals surface area contributed by atoms with Crippen LogP contribution in [0.5, 0.6) is 0 Å². The molecule has 6 heteroatoms. The smallest absolute Gasteiger partial charge is 0.324 e. The van der Waals surface area contributed by atoms with Crippen LogP contribution in [0.1, 0.15) is 21.5 Å². The van der Waals surface area contributed by atoms with Crippen molar-refractivity contribution in [2.45, 2.75) is 6.92 Å². The predicted octanol–water partition coefficient (Wildman–Crippen LogP) is 2.90. The van der Waals surface area contributed by atoms with E-state index in [4.69, 9.17) is 5.11 Å². The van der Waals surface area contributed by atoms with Crippen LogP contribution in [0.4, 0.5) is 5.69 Å². The number of hydrogen-bond acceptors (Lipinski definition) is 4. The zero-order chi connectivity index (χ0) is 15.9. The van der Waals surface area contributed by atoms with E-state index in [-0.39, 0.29) is 12.3 Å². The third kappa shape index (κ3) is 3.99. The maximum atomic E-state index is 12.5. The lowest BCUT2D eigenvalue weighted by Gasteiger charge is -2.06. The Balaban J connectivity index is 2.28. The first-order chi connectivity index (χ1) is 10.6. The van der Waals surface area contributed by atoms with Crippen LogP contribution >= 0.6 is 0 Å². The van der Waals surface area contributed by atoms with Gasteiger partial charge in [0, 0.05) is 5.56 Å². The van der Waals surface area contributed by atoms with Gasteiger partial charge in [-0.05, 0) is 19.1 Å². The molecule has 0 aliphatic carbocycles.